The predicted molar refractivity (Wildman–Crippen MR) is 109 cm³/mol. The summed E-state index contributed by atoms with van der Waals surface area (Å²) in [6.45, 7) is 8.58. The average Bonchev–Trinajstić information content (AvgIpc) is 3.18. The fourth-order valence-corrected chi connectivity index (χ4v) is 3.11. The van der Waals surface area contributed by atoms with Gasteiger partial charge in [0, 0.05) is 25.4 Å². The van der Waals surface area contributed by atoms with Gasteiger partial charge in [-0.3, -0.25) is 4.57 Å². The number of benzene rings is 1. The van der Waals surface area contributed by atoms with Crippen LogP contribution in [0.5, 0.6) is 0 Å². The zero-order chi connectivity index (χ0) is 19.5. The summed E-state index contributed by atoms with van der Waals surface area (Å²) in [5.41, 5.74) is 1.10. The van der Waals surface area contributed by atoms with Crippen LogP contribution in [0.4, 0.5) is 0 Å². The van der Waals surface area contributed by atoms with Gasteiger partial charge >= 0.3 is 0 Å². The van der Waals surface area contributed by atoms with Crippen LogP contribution in [-0.2, 0) is 6.54 Å². The molecule has 0 saturated heterocycles. The molecule has 27 heavy (non-hydrogen) atoms. The van der Waals surface area contributed by atoms with Crippen LogP contribution in [0.3, 0.4) is 0 Å². The van der Waals surface area contributed by atoms with E-state index in [1.165, 1.54) is 0 Å². The lowest BCUT2D eigenvalue weighted by Gasteiger charge is -2.32. The van der Waals surface area contributed by atoms with E-state index >= 15 is 0 Å². The van der Waals surface area contributed by atoms with Crippen molar-refractivity contribution in [2.75, 3.05) is 19.7 Å². The summed E-state index contributed by atoms with van der Waals surface area (Å²) in [7, 11) is 0. The molecular formula is C20H32N6O. The largest absolute Gasteiger partial charge is 0.396 e. The Kier molecular flexibility index (Phi) is 8.26. The molecule has 148 valence electrons. The molecule has 0 unspecified atom stereocenters. The minimum absolute atomic E-state index is 0.0784. The first-order chi connectivity index (χ1) is 13.2. The van der Waals surface area contributed by atoms with Gasteiger partial charge in [-0.2, -0.15) is 0 Å². The van der Waals surface area contributed by atoms with Crippen molar-refractivity contribution in [3.63, 3.8) is 0 Å². The Morgan fingerprint density at radius 1 is 1.15 bits per heavy atom. The van der Waals surface area contributed by atoms with Crippen LogP contribution >= 0.6 is 0 Å². The molecule has 0 fully saturated rings. The summed E-state index contributed by atoms with van der Waals surface area (Å²) in [4.78, 5) is 4.68. The summed E-state index contributed by atoms with van der Waals surface area (Å²) >= 11 is 0. The van der Waals surface area contributed by atoms with Crippen LogP contribution in [0, 0.1) is 5.41 Å². The fourth-order valence-electron chi connectivity index (χ4n) is 3.11. The second-order valence-electron chi connectivity index (χ2n) is 6.68. The van der Waals surface area contributed by atoms with E-state index in [1.54, 1.807) is 6.33 Å². The maximum atomic E-state index is 9.41. The molecule has 2 aromatic rings. The van der Waals surface area contributed by atoms with Gasteiger partial charge in [-0.05, 0) is 43.7 Å². The van der Waals surface area contributed by atoms with Crippen LogP contribution in [0.1, 0.15) is 45.9 Å². The molecule has 7 heteroatoms. The number of hydrogen-bond donors (Lipinski definition) is 3. The first-order valence-corrected chi connectivity index (χ1v) is 9.75. The molecule has 0 bridgehead atoms. The summed E-state index contributed by atoms with van der Waals surface area (Å²) in [6.07, 6.45) is 4.52. The molecule has 2 rings (SSSR count). The van der Waals surface area contributed by atoms with E-state index in [0.29, 0.717) is 6.54 Å². The van der Waals surface area contributed by atoms with E-state index in [1.807, 2.05) is 41.8 Å². The van der Waals surface area contributed by atoms with Gasteiger partial charge in [0.2, 0.25) is 0 Å². The normalized spacial score (nSPS) is 12.2. The van der Waals surface area contributed by atoms with Gasteiger partial charge in [0.25, 0.3) is 0 Å². The maximum absolute atomic E-state index is 9.41. The Bertz CT molecular complexity index is 694. The first kappa shape index (κ1) is 20.9. The molecule has 0 amide bonds. The molecule has 0 saturated carbocycles. The number of aliphatic hydroxyl groups is 1. The van der Waals surface area contributed by atoms with E-state index in [9.17, 15) is 5.11 Å². The van der Waals surface area contributed by atoms with Gasteiger partial charge in [-0.15, -0.1) is 10.2 Å². The quantitative estimate of drug-likeness (QED) is 0.441. The smallest absolute Gasteiger partial charge is 0.191 e. The van der Waals surface area contributed by atoms with Gasteiger partial charge in [0.15, 0.2) is 11.8 Å². The number of guanidine groups is 1. The summed E-state index contributed by atoms with van der Waals surface area (Å²) in [5.74, 6) is 1.54. The monoisotopic (exact) mass is 372 g/mol. The van der Waals surface area contributed by atoms with Crippen LogP contribution in [0.15, 0.2) is 41.7 Å². The number of aromatic nitrogens is 3. The van der Waals surface area contributed by atoms with Crippen molar-refractivity contribution in [3.05, 3.63) is 42.5 Å². The Morgan fingerprint density at radius 2 is 1.89 bits per heavy atom. The molecule has 3 N–H and O–H groups in total. The summed E-state index contributed by atoms with van der Waals surface area (Å²) < 4.78 is 1.95. The highest BCUT2D eigenvalue weighted by atomic mass is 16.3. The SMILES string of the molecule is CCNC(=NCc1nncn1-c1ccccc1)NCC(CC)(CC)CCO. The molecule has 0 aliphatic heterocycles. The van der Waals surface area contributed by atoms with E-state index < -0.39 is 0 Å². The van der Waals surface area contributed by atoms with Crippen LogP contribution in [0.2, 0.25) is 0 Å². The van der Waals surface area contributed by atoms with Gasteiger partial charge in [-0.25, -0.2) is 4.99 Å². The Labute approximate surface area is 161 Å². The minimum atomic E-state index is 0.0784. The fraction of sp³-hybridized carbons (Fsp3) is 0.550. The molecule has 1 aromatic heterocycles. The Morgan fingerprint density at radius 3 is 2.52 bits per heavy atom. The maximum Gasteiger partial charge on any atom is 0.191 e. The third-order valence-electron chi connectivity index (χ3n) is 5.15. The number of aliphatic hydroxyl groups excluding tert-OH is 1. The van der Waals surface area contributed by atoms with Crippen LogP contribution < -0.4 is 10.6 Å². The topological polar surface area (TPSA) is 87.4 Å². The third kappa shape index (κ3) is 5.79. The molecule has 7 nitrogen and oxygen atoms in total. The van der Waals surface area contributed by atoms with Gasteiger partial charge in [0.05, 0.1) is 0 Å². The van der Waals surface area contributed by atoms with Crippen molar-refractivity contribution in [3.8, 4) is 5.69 Å². The van der Waals surface area contributed by atoms with E-state index in [2.05, 4.69) is 39.7 Å². The average molecular weight is 373 g/mol. The van der Waals surface area contributed by atoms with Crippen LogP contribution in [0.25, 0.3) is 5.69 Å². The highest BCUT2D eigenvalue weighted by molar-refractivity contribution is 5.79. The molecule has 1 heterocycles. The van der Waals surface area contributed by atoms with Crippen LogP contribution in [-0.4, -0.2) is 45.5 Å². The van der Waals surface area contributed by atoms with Crippen molar-refractivity contribution >= 4 is 5.96 Å². The number of nitrogens with one attached hydrogen (secondary N) is 2. The standard InChI is InChI=1S/C20H32N6O/c1-4-20(5-2,12-13-27)15-23-19(21-6-3)22-14-18-25-24-16-26(18)17-10-8-7-9-11-17/h7-11,16,27H,4-6,12-15H2,1-3H3,(H2,21,22,23). The van der Waals surface area contributed by atoms with Gasteiger partial charge in [0.1, 0.15) is 12.9 Å². The second-order valence-corrected chi connectivity index (χ2v) is 6.68. The molecule has 0 aliphatic rings. The molecular weight excluding hydrogens is 340 g/mol. The van der Waals surface area contributed by atoms with Crippen molar-refractivity contribution in [2.45, 2.75) is 46.6 Å². The minimum Gasteiger partial charge on any atom is -0.396 e. The van der Waals surface area contributed by atoms with Gasteiger partial charge in [-0.1, -0.05) is 32.0 Å². The predicted octanol–water partition coefficient (Wildman–Crippen LogP) is 2.51. The van der Waals surface area contributed by atoms with E-state index in [0.717, 1.165) is 49.8 Å². The number of hydrogen-bond acceptors (Lipinski definition) is 4. The van der Waals surface area contributed by atoms with Crippen molar-refractivity contribution in [1.82, 2.24) is 25.4 Å². The number of nitrogens with zero attached hydrogens (tertiary/aromatic N) is 4. The van der Waals surface area contributed by atoms with Gasteiger partial charge < -0.3 is 15.7 Å². The Balaban J connectivity index is 2.09. The number of rotatable bonds is 10. The molecule has 1 aromatic carbocycles. The molecule has 0 aliphatic carbocycles. The third-order valence-corrected chi connectivity index (χ3v) is 5.15. The van der Waals surface area contributed by atoms with E-state index in [-0.39, 0.29) is 12.0 Å². The number of aliphatic imine (C=N–C) groups is 1. The highest BCUT2D eigenvalue weighted by Gasteiger charge is 2.25. The lowest BCUT2D eigenvalue weighted by Crippen LogP contribution is -2.44. The highest BCUT2D eigenvalue weighted by Crippen LogP contribution is 2.29. The first-order valence-electron chi connectivity index (χ1n) is 9.75. The second kappa shape index (κ2) is 10.7. The van der Waals surface area contributed by atoms with Crippen molar-refractivity contribution < 1.29 is 5.11 Å². The van der Waals surface area contributed by atoms with E-state index in [4.69, 9.17) is 0 Å². The zero-order valence-electron chi connectivity index (χ0n) is 16.6. The molecule has 0 atom stereocenters. The Hall–Kier alpha value is -2.41. The molecule has 0 spiro atoms. The zero-order valence-corrected chi connectivity index (χ0v) is 16.6. The summed E-state index contributed by atoms with van der Waals surface area (Å²) in [5, 5.41) is 24.4. The van der Waals surface area contributed by atoms with Crippen molar-refractivity contribution in [1.29, 1.82) is 0 Å². The number of para-hydroxylation sites is 1. The lowest BCUT2D eigenvalue weighted by atomic mass is 9.79. The lowest BCUT2D eigenvalue weighted by molar-refractivity contribution is 0.169. The van der Waals surface area contributed by atoms with Crippen molar-refractivity contribution in [2.24, 2.45) is 10.4 Å². The molecule has 0 radical (unpaired) electrons. The summed E-state index contributed by atoms with van der Waals surface area (Å²) in [6, 6.07) is 10.0.